The van der Waals surface area contributed by atoms with E-state index in [1.165, 1.54) is 0 Å². The number of aryl methyl sites for hydroxylation is 2. The molecule has 0 radical (unpaired) electrons. The first-order chi connectivity index (χ1) is 11.4. The first-order valence-electron chi connectivity index (χ1n) is 7.70. The molecule has 3 aromatic rings. The Labute approximate surface area is 146 Å². The molecule has 1 heterocycles. The first-order valence-corrected chi connectivity index (χ1v) is 9.56. The van der Waals surface area contributed by atoms with Gasteiger partial charge in [-0.1, -0.05) is 29.3 Å². The van der Waals surface area contributed by atoms with E-state index in [9.17, 15) is 8.42 Å². The second-order valence-corrected chi connectivity index (χ2v) is 8.08. The summed E-state index contributed by atoms with van der Waals surface area (Å²) in [6.45, 7) is 4.24. The molecule has 0 bridgehead atoms. The van der Waals surface area contributed by atoms with Crippen LogP contribution < -0.4 is 4.72 Å². The Morgan fingerprint density at radius 1 is 1.08 bits per heavy atom. The van der Waals surface area contributed by atoms with Gasteiger partial charge in [-0.3, -0.25) is 0 Å². The minimum atomic E-state index is -3.49. The van der Waals surface area contributed by atoms with Gasteiger partial charge in [0, 0.05) is 28.2 Å². The normalized spacial score (nSPS) is 12.0. The van der Waals surface area contributed by atoms with Gasteiger partial charge in [0.2, 0.25) is 10.0 Å². The van der Waals surface area contributed by atoms with Crippen LogP contribution in [-0.2, 0) is 16.4 Å². The molecule has 0 fully saturated rings. The molecule has 0 aliphatic rings. The second-order valence-electron chi connectivity index (χ2n) is 5.88. The van der Waals surface area contributed by atoms with Gasteiger partial charge in [0.15, 0.2) is 0 Å². The fourth-order valence-electron chi connectivity index (χ4n) is 2.79. The maximum Gasteiger partial charge on any atom is 0.240 e. The summed E-state index contributed by atoms with van der Waals surface area (Å²) in [5.41, 5.74) is 4.15. The van der Waals surface area contributed by atoms with Crippen molar-refractivity contribution >= 4 is 32.5 Å². The monoisotopic (exact) mass is 362 g/mol. The summed E-state index contributed by atoms with van der Waals surface area (Å²) in [6.07, 6.45) is 0.595. The highest BCUT2D eigenvalue weighted by Gasteiger charge is 2.14. The number of H-pyrrole nitrogens is 1. The summed E-state index contributed by atoms with van der Waals surface area (Å²) in [4.78, 5) is 3.59. The topological polar surface area (TPSA) is 62.0 Å². The van der Waals surface area contributed by atoms with Crippen molar-refractivity contribution in [3.05, 3.63) is 64.3 Å². The summed E-state index contributed by atoms with van der Waals surface area (Å²) in [5, 5.41) is 1.71. The third kappa shape index (κ3) is 3.48. The lowest BCUT2D eigenvalue weighted by Crippen LogP contribution is -2.26. The molecule has 2 N–H and O–H groups in total. The zero-order valence-corrected chi connectivity index (χ0v) is 15.1. The second kappa shape index (κ2) is 6.59. The maximum atomic E-state index is 12.3. The van der Waals surface area contributed by atoms with Crippen LogP contribution in [0.15, 0.2) is 47.4 Å². The van der Waals surface area contributed by atoms with Crippen molar-refractivity contribution in [3.8, 4) is 0 Å². The summed E-state index contributed by atoms with van der Waals surface area (Å²) >= 11 is 6.07. The number of nitrogens with one attached hydrogen (secondary N) is 2. The summed E-state index contributed by atoms with van der Waals surface area (Å²) in [7, 11) is -3.49. The number of aromatic amines is 1. The Morgan fingerprint density at radius 2 is 1.79 bits per heavy atom. The van der Waals surface area contributed by atoms with Gasteiger partial charge in [-0.15, -0.1) is 0 Å². The molecule has 0 amide bonds. The van der Waals surface area contributed by atoms with Crippen molar-refractivity contribution in [2.24, 2.45) is 0 Å². The van der Waals surface area contributed by atoms with Gasteiger partial charge in [0.25, 0.3) is 0 Å². The maximum absolute atomic E-state index is 12.3. The molecule has 4 nitrogen and oxygen atoms in total. The van der Waals surface area contributed by atoms with Gasteiger partial charge in [-0.05, 0) is 56.2 Å². The molecule has 3 rings (SSSR count). The molecule has 126 valence electrons. The average Bonchev–Trinajstić information content (AvgIpc) is 2.83. The average molecular weight is 363 g/mol. The first kappa shape index (κ1) is 17.0. The molecule has 6 heteroatoms. The van der Waals surface area contributed by atoms with E-state index in [2.05, 4.69) is 9.71 Å². The van der Waals surface area contributed by atoms with Crippen molar-refractivity contribution in [3.63, 3.8) is 0 Å². The number of hydrogen-bond acceptors (Lipinski definition) is 2. The lowest BCUT2D eigenvalue weighted by molar-refractivity contribution is 0.581. The van der Waals surface area contributed by atoms with Crippen LogP contribution in [0.25, 0.3) is 10.9 Å². The Bertz CT molecular complexity index is 976. The quantitative estimate of drug-likeness (QED) is 0.721. The van der Waals surface area contributed by atoms with Crippen LogP contribution in [0.5, 0.6) is 0 Å². The molecular weight excluding hydrogens is 344 g/mol. The SMILES string of the molecule is Cc1ccc(S(=O)(=O)NCCc2c(C)[nH]c3ccc(Cl)cc23)cc1. The summed E-state index contributed by atoms with van der Waals surface area (Å²) in [5.74, 6) is 0. The number of fused-ring (bicyclic) bond motifs is 1. The highest BCUT2D eigenvalue weighted by atomic mass is 35.5. The lowest BCUT2D eigenvalue weighted by atomic mass is 10.1. The molecule has 2 aromatic carbocycles. The molecule has 0 aliphatic carbocycles. The van der Waals surface area contributed by atoms with E-state index in [-0.39, 0.29) is 4.90 Å². The molecule has 0 saturated carbocycles. The molecule has 24 heavy (non-hydrogen) atoms. The third-order valence-corrected chi connectivity index (χ3v) is 5.79. The fraction of sp³-hybridized carbons (Fsp3) is 0.222. The molecule has 0 unspecified atom stereocenters. The standard InChI is InChI=1S/C18H19ClN2O2S/c1-12-3-6-15(7-4-12)24(22,23)20-10-9-16-13(2)21-18-8-5-14(19)11-17(16)18/h3-8,11,20-21H,9-10H2,1-2H3. The van der Waals surface area contributed by atoms with E-state index < -0.39 is 10.0 Å². The highest BCUT2D eigenvalue weighted by molar-refractivity contribution is 7.89. The van der Waals surface area contributed by atoms with E-state index in [0.29, 0.717) is 18.0 Å². The molecule has 0 saturated heterocycles. The summed E-state index contributed by atoms with van der Waals surface area (Å²) in [6, 6.07) is 12.5. The number of hydrogen-bond donors (Lipinski definition) is 2. The van der Waals surface area contributed by atoms with E-state index in [1.54, 1.807) is 24.3 Å². The van der Waals surface area contributed by atoms with Crippen LogP contribution in [0, 0.1) is 13.8 Å². The van der Waals surface area contributed by atoms with E-state index in [4.69, 9.17) is 11.6 Å². The van der Waals surface area contributed by atoms with Crippen LogP contribution in [0.4, 0.5) is 0 Å². The predicted molar refractivity (Wildman–Crippen MR) is 98.1 cm³/mol. The van der Waals surface area contributed by atoms with Gasteiger partial charge in [-0.25, -0.2) is 13.1 Å². The molecule has 0 spiro atoms. The van der Waals surface area contributed by atoms with Gasteiger partial charge < -0.3 is 4.98 Å². The predicted octanol–water partition coefficient (Wildman–Crippen LogP) is 3.96. The number of sulfonamides is 1. The van der Waals surface area contributed by atoms with Crippen molar-refractivity contribution in [2.75, 3.05) is 6.54 Å². The van der Waals surface area contributed by atoms with Crippen molar-refractivity contribution in [2.45, 2.75) is 25.2 Å². The van der Waals surface area contributed by atoms with E-state index in [0.717, 1.165) is 27.7 Å². The van der Waals surface area contributed by atoms with Crippen LogP contribution in [0.1, 0.15) is 16.8 Å². The number of aromatic nitrogens is 1. The highest BCUT2D eigenvalue weighted by Crippen LogP contribution is 2.25. The Balaban J connectivity index is 1.76. The van der Waals surface area contributed by atoms with Gasteiger partial charge in [0.1, 0.15) is 0 Å². The number of halogens is 1. The smallest absolute Gasteiger partial charge is 0.240 e. The number of rotatable bonds is 5. The van der Waals surface area contributed by atoms with Crippen LogP contribution in [0.2, 0.25) is 5.02 Å². The van der Waals surface area contributed by atoms with Crippen LogP contribution >= 0.6 is 11.6 Å². The van der Waals surface area contributed by atoms with Crippen molar-refractivity contribution in [1.82, 2.24) is 9.71 Å². The van der Waals surface area contributed by atoms with E-state index in [1.807, 2.05) is 32.0 Å². The largest absolute Gasteiger partial charge is 0.358 e. The van der Waals surface area contributed by atoms with Gasteiger partial charge in [0.05, 0.1) is 4.90 Å². The summed E-state index contributed by atoms with van der Waals surface area (Å²) < 4.78 is 27.3. The molecule has 0 aliphatic heterocycles. The number of benzene rings is 2. The molecular formula is C18H19ClN2O2S. The van der Waals surface area contributed by atoms with Crippen molar-refractivity contribution < 1.29 is 8.42 Å². The van der Waals surface area contributed by atoms with E-state index >= 15 is 0 Å². The Morgan fingerprint density at radius 3 is 2.50 bits per heavy atom. The molecule has 0 atom stereocenters. The van der Waals surface area contributed by atoms with Gasteiger partial charge >= 0.3 is 0 Å². The van der Waals surface area contributed by atoms with Crippen molar-refractivity contribution in [1.29, 1.82) is 0 Å². The van der Waals surface area contributed by atoms with Crippen LogP contribution in [0.3, 0.4) is 0 Å². The zero-order valence-electron chi connectivity index (χ0n) is 13.6. The minimum Gasteiger partial charge on any atom is -0.358 e. The Kier molecular flexibility index (Phi) is 4.67. The lowest BCUT2D eigenvalue weighted by Gasteiger charge is -2.07. The Hall–Kier alpha value is -1.82. The third-order valence-electron chi connectivity index (χ3n) is 4.08. The fourth-order valence-corrected chi connectivity index (χ4v) is 3.99. The van der Waals surface area contributed by atoms with Crippen LogP contribution in [-0.4, -0.2) is 19.9 Å². The van der Waals surface area contributed by atoms with Gasteiger partial charge in [-0.2, -0.15) is 0 Å². The minimum absolute atomic E-state index is 0.284. The molecule has 1 aromatic heterocycles. The zero-order chi connectivity index (χ0) is 17.3.